The molecule has 4 nitrogen and oxygen atoms in total. The fourth-order valence-corrected chi connectivity index (χ4v) is 1.48. The number of benzene rings is 1. The molecule has 0 saturated heterocycles. The lowest BCUT2D eigenvalue weighted by Crippen LogP contribution is -2.10. The van der Waals surface area contributed by atoms with Gasteiger partial charge in [0.2, 0.25) is 0 Å². The normalized spacial score (nSPS) is 9.63. The summed E-state index contributed by atoms with van der Waals surface area (Å²) in [4.78, 5) is 11.4. The maximum absolute atomic E-state index is 13.1. The second kappa shape index (κ2) is 9.58. The Hall–Kier alpha value is -1.33. The monoisotopic (exact) mass is 291 g/mol. The smallest absolute Gasteiger partial charge is 0.341 e. The molecule has 0 aliphatic rings. The first kappa shape index (κ1) is 17.7. The Labute approximate surface area is 118 Å². The molecular formula is C13H19ClFNO3. The van der Waals surface area contributed by atoms with Crippen LogP contribution in [-0.4, -0.2) is 33.3 Å². The van der Waals surface area contributed by atoms with Crippen molar-refractivity contribution in [2.24, 2.45) is 0 Å². The highest BCUT2D eigenvalue weighted by atomic mass is 35.5. The van der Waals surface area contributed by atoms with Crippen molar-refractivity contribution in [3.05, 3.63) is 29.6 Å². The predicted octanol–water partition coefficient (Wildman–Crippen LogP) is 2.41. The first-order valence-electron chi connectivity index (χ1n) is 5.84. The summed E-state index contributed by atoms with van der Waals surface area (Å²) in [6.07, 6.45) is 1.79. The van der Waals surface area contributed by atoms with Crippen molar-refractivity contribution >= 4 is 18.4 Å². The van der Waals surface area contributed by atoms with Crippen LogP contribution in [0.3, 0.4) is 0 Å². The standard InChI is InChI=1S/C13H18FNO3.ClH/c1-15-7-3-4-8-18-12-9-10(14)5-6-11(12)13(16)17-2;/h5-6,9,15H,3-4,7-8H2,1-2H3;1H. The minimum Gasteiger partial charge on any atom is -0.493 e. The summed E-state index contributed by atoms with van der Waals surface area (Å²) in [5.74, 6) is -0.737. The fraction of sp³-hybridized carbons (Fsp3) is 0.462. The summed E-state index contributed by atoms with van der Waals surface area (Å²) >= 11 is 0. The number of carbonyl (C=O) groups is 1. The zero-order chi connectivity index (χ0) is 13.4. The van der Waals surface area contributed by atoms with Crippen molar-refractivity contribution < 1.29 is 18.7 Å². The number of esters is 1. The molecule has 0 bridgehead atoms. The molecule has 0 aliphatic heterocycles. The summed E-state index contributed by atoms with van der Waals surface area (Å²) in [6.45, 7) is 1.34. The maximum Gasteiger partial charge on any atom is 0.341 e. The number of ether oxygens (including phenoxy) is 2. The van der Waals surface area contributed by atoms with Crippen LogP contribution in [0.1, 0.15) is 23.2 Å². The number of unbranched alkanes of at least 4 members (excludes halogenated alkanes) is 1. The summed E-state index contributed by atoms with van der Waals surface area (Å²) in [5.41, 5.74) is 0.243. The lowest BCUT2D eigenvalue weighted by atomic mass is 10.2. The number of hydrogen-bond donors (Lipinski definition) is 1. The molecule has 108 valence electrons. The Morgan fingerprint density at radius 2 is 2.11 bits per heavy atom. The molecule has 1 N–H and O–H groups in total. The minimum absolute atomic E-state index is 0. The second-order valence-corrected chi connectivity index (χ2v) is 3.79. The fourth-order valence-electron chi connectivity index (χ4n) is 1.48. The van der Waals surface area contributed by atoms with Gasteiger partial charge in [-0.3, -0.25) is 0 Å². The lowest BCUT2D eigenvalue weighted by Gasteiger charge is -2.10. The Morgan fingerprint density at radius 1 is 1.37 bits per heavy atom. The van der Waals surface area contributed by atoms with E-state index in [-0.39, 0.29) is 23.7 Å². The van der Waals surface area contributed by atoms with Gasteiger partial charge in [-0.05, 0) is 38.6 Å². The Kier molecular flexibility index (Phi) is 8.91. The van der Waals surface area contributed by atoms with Gasteiger partial charge in [-0.15, -0.1) is 12.4 Å². The van der Waals surface area contributed by atoms with E-state index in [0.29, 0.717) is 6.61 Å². The van der Waals surface area contributed by atoms with Crippen LogP contribution in [0.15, 0.2) is 18.2 Å². The van der Waals surface area contributed by atoms with E-state index < -0.39 is 11.8 Å². The second-order valence-electron chi connectivity index (χ2n) is 3.79. The SMILES string of the molecule is CNCCCCOc1cc(F)ccc1C(=O)OC.Cl. The first-order chi connectivity index (χ1) is 8.69. The van der Waals surface area contributed by atoms with Crippen LogP contribution in [-0.2, 0) is 4.74 Å². The van der Waals surface area contributed by atoms with Gasteiger partial charge in [-0.25, -0.2) is 9.18 Å². The molecule has 0 amide bonds. The molecule has 1 aromatic carbocycles. The zero-order valence-electron chi connectivity index (χ0n) is 11.1. The summed E-state index contributed by atoms with van der Waals surface area (Å²) in [6, 6.07) is 3.77. The van der Waals surface area contributed by atoms with Crippen molar-refractivity contribution in [1.82, 2.24) is 5.32 Å². The molecular weight excluding hydrogens is 273 g/mol. The van der Waals surface area contributed by atoms with Crippen LogP contribution >= 0.6 is 12.4 Å². The van der Waals surface area contributed by atoms with Gasteiger partial charge in [-0.1, -0.05) is 0 Å². The van der Waals surface area contributed by atoms with Gasteiger partial charge in [0.1, 0.15) is 17.1 Å². The number of methoxy groups -OCH3 is 1. The van der Waals surface area contributed by atoms with Crippen LogP contribution in [0.25, 0.3) is 0 Å². The molecule has 1 aromatic rings. The van der Waals surface area contributed by atoms with E-state index in [2.05, 4.69) is 10.1 Å². The molecule has 0 saturated carbocycles. The molecule has 19 heavy (non-hydrogen) atoms. The van der Waals surface area contributed by atoms with E-state index in [4.69, 9.17) is 4.74 Å². The summed E-state index contributed by atoms with van der Waals surface area (Å²) in [7, 11) is 3.16. The highest BCUT2D eigenvalue weighted by molar-refractivity contribution is 5.92. The third kappa shape index (κ3) is 5.89. The third-order valence-electron chi connectivity index (χ3n) is 2.43. The average Bonchev–Trinajstić information content (AvgIpc) is 2.38. The summed E-state index contributed by atoms with van der Waals surface area (Å²) < 4.78 is 23.1. The molecule has 0 unspecified atom stereocenters. The lowest BCUT2D eigenvalue weighted by molar-refractivity contribution is 0.0596. The van der Waals surface area contributed by atoms with Crippen molar-refractivity contribution in [2.75, 3.05) is 27.3 Å². The molecule has 0 spiro atoms. The molecule has 0 aromatic heterocycles. The number of hydrogen-bond acceptors (Lipinski definition) is 4. The van der Waals surface area contributed by atoms with Gasteiger partial charge >= 0.3 is 5.97 Å². The minimum atomic E-state index is -0.528. The molecule has 6 heteroatoms. The van der Waals surface area contributed by atoms with E-state index in [0.717, 1.165) is 19.4 Å². The van der Waals surface area contributed by atoms with E-state index in [1.54, 1.807) is 0 Å². The van der Waals surface area contributed by atoms with Gasteiger partial charge in [-0.2, -0.15) is 0 Å². The quantitative estimate of drug-likeness (QED) is 0.619. The maximum atomic E-state index is 13.1. The van der Waals surface area contributed by atoms with Crippen LogP contribution < -0.4 is 10.1 Å². The van der Waals surface area contributed by atoms with Crippen molar-refractivity contribution in [1.29, 1.82) is 0 Å². The number of nitrogens with one attached hydrogen (secondary N) is 1. The van der Waals surface area contributed by atoms with E-state index in [1.165, 1.54) is 25.3 Å². The molecule has 0 atom stereocenters. The zero-order valence-corrected chi connectivity index (χ0v) is 11.9. The third-order valence-corrected chi connectivity index (χ3v) is 2.43. The van der Waals surface area contributed by atoms with Gasteiger partial charge in [0.15, 0.2) is 0 Å². The predicted molar refractivity (Wildman–Crippen MR) is 73.6 cm³/mol. The Balaban J connectivity index is 0.00000324. The van der Waals surface area contributed by atoms with E-state index in [9.17, 15) is 9.18 Å². The number of halogens is 2. The summed E-state index contributed by atoms with van der Waals surface area (Å²) in [5, 5.41) is 3.02. The van der Waals surface area contributed by atoms with Gasteiger partial charge in [0.25, 0.3) is 0 Å². The van der Waals surface area contributed by atoms with Gasteiger partial charge in [0.05, 0.1) is 13.7 Å². The van der Waals surface area contributed by atoms with Crippen molar-refractivity contribution in [3.8, 4) is 5.75 Å². The first-order valence-corrected chi connectivity index (χ1v) is 5.84. The highest BCUT2D eigenvalue weighted by Crippen LogP contribution is 2.21. The molecule has 0 fully saturated rings. The molecule has 0 heterocycles. The molecule has 0 aliphatic carbocycles. The van der Waals surface area contributed by atoms with Crippen LogP contribution in [0.5, 0.6) is 5.75 Å². The Bertz CT molecular complexity index is 401. The topological polar surface area (TPSA) is 47.6 Å². The number of rotatable bonds is 7. The molecule has 0 radical (unpaired) electrons. The molecule has 1 rings (SSSR count). The van der Waals surface area contributed by atoms with Crippen molar-refractivity contribution in [3.63, 3.8) is 0 Å². The van der Waals surface area contributed by atoms with Gasteiger partial charge in [0, 0.05) is 6.07 Å². The number of carbonyl (C=O) groups excluding carboxylic acids is 1. The Morgan fingerprint density at radius 3 is 2.74 bits per heavy atom. The average molecular weight is 292 g/mol. The van der Waals surface area contributed by atoms with Crippen LogP contribution in [0, 0.1) is 5.82 Å². The largest absolute Gasteiger partial charge is 0.493 e. The van der Waals surface area contributed by atoms with Crippen LogP contribution in [0.2, 0.25) is 0 Å². The van der Waals surface area contributed by atoms with Crippen molar-refractivity contribution in [2.45, 2.75) is 12.8 Å². The van der Waals surface area contributed by atoms with Gasteiger partial charge < -0.3 is 14.8 Å². The van der Waals surface area contributed by atoms with E-state index in [1.807, 2.05) is 7.05 Å². The van der Waals surface area contributed by atoms with E-state index >= 15 is 0 Å². The van der Waals surface area contributed by atoms with Crippen LogP contribution in [0.4, 0.5) is 4.39 Å². The highest BCUT2D eigenvalue weighted by Gasteiger charge is 2.13.